The predicted molar refractivity (Wildman–Crippen MR) is 116 cm³/mol. The van der Waals surface area contributed by atoms with E-state index in [0.717, 1.165) is 40.0 Å². The lowest BCUT2D eigenvalue weighted by Crippen LogP contribution is -2.24. The Morgan fingerprint density at radius 2 is 1.97 bits per heavy atom. The van der Waals surface area contributed by atoms with E-state index >= 15 is 0 Å². The number of fused-ring (bicyclic) bond motifs is 1. The van der Waals surface area contributed by atoms with Crippen molar-refractivity contribution in [3.63, 3.8) is 0 Å². The van der Waals surface area contributed by atoms with Gasteiger partial charge in [-0.2, -0.15) is 0 Å². The van der Waals surface area contributed by atoms with E-state index in [1.807, 2.05) is 36.4 Å². The quantitative estimate of drug-likeness (QED) is 0.325. The Morgan fingerprint density at radius 1 is 1.10 bits per heavy atom. The van der Waals surface area contributed by atoms with Gasteiger partial charge in [0.05, 0.1) is 23.3 Å². The summed E-state index contributed by atoms with van der Waals surface area (Å²) in [6.45, 7) is 1.79. The Kier molecular flexibility index (Phi) is 6.50. The van der Waals surface area contributed by atoms with E-state index in [9.17, 15) is 4.79 Å². The van der Waals surface area contributed by atoms with E-state index in [2.05, 4.69) is 46.5 Å². The molecule has 0 saturated carbocycles. The number of benzene rings is 1. The predicted octanol–water partition coefficient (Wildman–Crippen LogP) is 3.01. The van der Waals surface area contributed by atoms with Gasteiger partial charge >= 0.3 is 0 Å². The van der Waals surface area contributed by atoms with E-state index in [4.69, 9.17) is 4.42 Å². The maximum Gasteiger partial charge on any atom is 0.273 e. The summed E-state index contributed by atoms with van der Waals surface area (Å²) in [5.41, 5.74) is 3.05. The number of carbonyl (C=O) groups is 1. The van der Waals surface area contributed by atoms with Crippen LogP contribution in [0.5, 0.6) is 0 Å². The maximum absolute atomic E-state index is 12.2. The van der Waals surface area contributed by atoms with Crippen molar-refractivity contribution in [2.24, 2.45) is 0 Å². The molecule has 0 spiro atoms. The zero-order chi connectivity index (χ0) is 20.8. The summed E-state index contributed by atoms with van der Waals surface area (Å²) >= 11 is 3.41. The molecule has 0 fully saturated rings. The zero-order valence-corrected chi connectivity index (χ0v) is 17.8. The molecule has 0 saturated heterocycles. The van der Waals surface area contributed by atoms with Crippen molar-refractivity contribution in [1.82, 2.24) is 30.6 Å². The standard InChI is InChI=1S/C21H21BrN6O2/c22-14-4-3-9-24-17(14)12-25-21(29)18-13-30-20(28-18)8-11-23-10-7-19-26-15-5-1-2-6-16(15)27-19/h1-6,9,13,23H,7-8,10-12H2,(H,25,29)(H,26,27). The van der Waals surface area contributed by atoms with Gasteiger partial charge in [-0.05, 0) is 40.2 Å². The normalized spacial score (nSPS) is 11.1. The maximum atomic E-state index is 12.2. The number of nitrogens with zero attached hydrogens (tertiary/aromatic N) is 3. The number of aromatic nitrogens is 4. The van der Waals surface area contributed by atoms with Crippen LogP contribution in [0.4, 0.5) is 0 Å². The van der Waals surface area contributed by atoms with Crippen LogP contribution in [0.2, 0.25) is 0 Å². The zero-order valence-electron chi connectivity index (χ0n) is 16.2. The minimum absolute atomic E-state index is 0.263. The molecule has 0 aliphatic carbocycles. The number of para-hydroxylation sites is 2. The summed E-state index contributed by atoms with van der Waals surface area (Å²) in [4.78, 5) is 28.6. The number of nitrogens with one attached hydrogen (secondary N) is 3. The Labute approximate surface area is 181 Å². The second kappa shape index (κ2) is 9.64. The van der Waals surface area contributed by atoms with Crippen molar-refractivity contribution < 1.29 is 9.21 Å². The largest absolute Gasteiger partial charge is 0.448 e. The molecule has 3 aromatic heterocycles. The third-order valence-electron chi connectivity index (χ3n) is 4.53. The third kappa shape index (κ3) is 5.11. The van der Waals surface area contributed by atoms with Crippen molar-refractivity contribution in [3.8, 4) is 0 Å². The fourth-order valence-corrected chi connectivity index (χ4v) is 3.38. The van der Waals surface area contributed by atoms with Crippen LogP contribution in [0.15, 0.2) is 57.7 Å². The topological polar surface area (TPSA) is 109 Å². The van der Waals surface area contributed by atoms with E-state index < -0.39 is 0 Å². The fraction of sp³-hybridized carbons (Fsp3) is 0.238. The highest BCUT2D eigenvalue weighted by molar-refractivity contribution is 9.10. The second-order valence-corrected chi connectivity index (χ2v) is 7.55. The van der Waals surface area contributed by atoms with Gasteiger partial charge in [0.25, 0.3) is 5.91 Å². The van der Waals surface area contributed by atoms with Crippen LogP contribution in [0, 0.1) is 0 Å². The monoisotopic (exact) mass is 468 g/mol. The second-order valence-electron chi connectivity index (χ2n) is 6.69. The minimum atomic E-state index is -0.291. The average molecular weight is 469 g/mol. The van der Waals surface area contributed by atoms with E-state index in [1.54, 1.807) is 6.20 Å². The molecular weight excluding hydrogens is 448 g/mol. The summed E-state index contributed by atoms with van der Waals surface area (Å²) < 4.78 is 6.26. The number of hydrogen-bond acceptors (Lipinski definition) is 6. The van der Waals surface area contributed by atoms with Crippen molar-refractivity contribution in [2.75, 3.05) is 13.1 Å². The van der Waals surface area contributed by atoms with Crippen LogP contribution in [0.3, 0.4) is 0 Å². The Balaban J connectivity index is 1.19. The Bertz CT molecular complexity index is 1110. The molecule has 0 radical (unpaired) electrons. The molecule has 0 aliphatic heterocycles. The van der Waals surface area contributed by atoms with Gasteiger partial charge in [0.1, 0.15) is 12.1 Å². The molecule has 154 valence electrons. The van der Waals surface area contributed by atoms with Crippen LogP contribution in [0.1, 0.15) is 27.9 Å². The van der Waals surface area contributed by atoms with Gasteiger partial charge in [-0.1, -0.05) is 12.1 Å². The molecular formula is C21H21BrN6O2. The summed E-state index contributed by atoms with van der Waals surface area (Å²) in [7, 11) is 0. The first kappa shape index (κ1) is 20.2. The number of amides is 1. The molecule has 4 aromatic rings. The van der Waals surface area contributed by atoms with Gasteiger partial charge in [-0.25, -0.2) is 9.97 Å². The van der Waals surface area contributed by atoms with Gasteiger partial charge in [0.2, 0.25) is 0 Å². The Morgan fingerprint density at radius 3 is 2.83 bits per heavy atom. The first-order valence-corrected chi connectivity index (χ1v) is 10.4. The van der Waals surface area contributed by atoms with Gasteiger partial charge in [-0.3, -0.25) is 9.78 Å². The SMILES string of the molecule is O=C(NCc1ncccc1Br)c1coc(CCNCCc2nc3ccccc3[nH]2)n1. The highest BCUT2D eigenvalue weighted by Gasteiger charge is 2.13. The smallest absolute Gasteiger partial charge is 0.273 e. The number of hydrogen-bond donors (Lipinski definition) is 3. The highest BCUT2D eigenvalue weighted by Crippen LogP contribution is 2.13. The molecule has 3 N–H and O–H groups in total. The lowest BCUT2D eigenvalue weighted by atomic mass is 10.3. The van der Waals surface area contributed by atoms with Crippen molar-refractivity contribution in [3.05, 3.63) is 76.4 Å². The summed E-state index contributed by atoms with van der Waals surface area (Å²) in [5, 5.41) is 6.14. The first-order chi connectivity index (χ1) is 14.7. The number of oxazole rings is 1. The van der Waals surface area contributed by atoms with Crippen LogP contribution in [0.25, 0.3) is 11.0 Å². The lowest BCUT2D eigenvalue weighted by molar-refractivity contribution is 0.0945. The molecule has 1 amide bonds. The van der Waals surface area contributed by atoms with E-state index in [0.29, 0.717) is 25.4 Å². The lowest BCUT2D eigenvalue weighted by Gasteiger charge is -2.04. The van der Waals surface area contributed by atoms with Crippen molar-refractivity contribution >= 4 is 32.9 Å². The number of rotatable bonds is 9. The molecule has 0 aliphatic rings. The summed E-state index contributed by atoms with van der Waals surface area (Å²) in [5.74, 6) is 1.19. The van der Waals surface area contributed by atoms with Crippen molar-refractivity contribution in [2.45, 2.75) is 19.4 Å². The van der Waals surface area contributed by atoms with Crippen molar-refractivity contribution in [1.29, 1.82) is 0 Å². The molecule has 30 heavy (non-hydrogen) atoms. The average Bonchev–Trinajstić information content (AvgIpc) is 3.39. The van der Waals surface area contributed by atoms with Crippen LogP contribution >= 0.6 is 15.9 Å². The van der Waals surface area contributed by atoms with Crippen LogP contribution in [-0.2, 0) is 19.4 Å². The molecule has 8 nitrogen and oxygen atoms in total. The third-order valence-corrected chi connectivity index (χ3v) is 5.25. The number of pyridine rings is 1. The number of halogens is 1. The molecule has 3 heterocycles. The molecule has 1 aromatic carbocycles. The fourth-order valence-electron chi connectivity index (χ4n) is 2.98. The van der Waals surface area contributed by atoms with Gasteiger partial charge in [0, 0.05) is 36.6 Å². The van der Waals surface area contributed by atoms with Gasteiger partial charge in [-0.15, -0.1) is 0 Å². The number of imidazole rings is 1. The number of aromatic amines is 1. The number of carbonyl (C=O) groups excluding carboxylic acids is 1. The minimum Gasteiger partial charge on any atom is -0.448 e. The van der Waals surface area contributed by atoms with Crippen LogP contribution in [-0.4, -0.2) is 38.9 Å². The van der Waals surface area contributed by atoms with Gasteiger partial charge < -0.3 is 20.0 Å². The van der Waals surface area contributed by atoms with E-state index in [-0.39, 0.29) is 11.6 Å². The number of H-pyrrole nitrogens is 1. The summed E-state index contributed by atoms with van der Waals surface area (Å²) in [6.07, 6.45) is 4.46. The van der Waals surface area contributed by atoms with E-state index in [1.165, 1.54) is 6.26 Å². The highest BCUT2D eigenvalue weighted by atomic mass is 79.9. The molecule has 0 atom stereocenters. The van der Waals surface area contributed by atoms with Crippen LogP contribution < -0.4 is 10.6 Å². The molecule has 9 heteroatoms. The first-order valence-electron chi connectivity index (χ1n) is 9.65. The molecule has 0 bridgehead atoms. The molecule has 4 rings (SSSR count). The summed E-state index contributed by atoms with van der Waals surface area (Å²) in [6, 6.07) is 11.7. The Hall–Kier alpha value is -3.04. The van der Waals surface area contributed by atoms with Gasteiger partial charge in [0.15, 0.2) is 11.6 Å². The molecule has 0 unspecified atom stereocenters.